The fourth-order valence-corrected chi connectivity index (χ4v) is 4.75. The molecule has 1 heterocycles. The van der Waals surface area contributed by atoms with E-state index in [1.807, 2.05) is 30.3 Å². The summed E-state index contributed by atoms with van der Waals surface area (Å²) in [5, 5.41) is 2.90. The van der Waals surface area contributed by atoms with Crippen LogP contribution in [-0.2, 0) is 14.8 Å². The van der Waals surface area contributed by atoms with Crippen LogP contribution in [0.1, 0.15) is 24.4 Å². The molecular weight excluding hydrogens is 362 g/mol. The quantitative estimate of drug-likeness (QED) is 0.792. The normalized spacial score (nSPS) is 17.4. The molecule has 2 aromatic rings. The number of nitrogens with one attached hydrogen (secondary N) is 1. The lowest BCUT2D eigenvalue weighted by atomic mass is 9.98. The standard InChI is InChI=1S/C20H25N3O3S/c21-19(17-7-3-1-4-8-17)20(24)22-15-16-11-13-23(14-12-16)27(25,26)18-9-5-2-6-10-18/h1-10,16,19H,11-15,21H2,(H,22,24). The molecule has 1 unspecified atom stereocenters. The molecule has 0 radical (unpaired) electrons. The molecule has 0 aromatic heterocycles. The lowest BCUT2D eigenvalue weighted by Crippen LogP contribution is -2.43. The highest BCUT2D eigenvalue weighted by Crippen LogP contribution is 2.23. The van der Waals surface area contributed by atoms with Crippen LogP contribution in [0, 0.1) is 5.92 Å². The summed E-state index contributed by atoms with van der Waals surface area (Å²) in [7, 11) is -3.44. The first-order valence-electron chi connectivity index (χ1n) is 9.12. The van der Waals surface area contributed by atoms with E-state index in [1.165, 1.54) is 4.31 Å². The molecule has 6 nitrogen and oxygen atoms in total. The number of benzene rings is 2. The van der Waals surface area contributed by atoms with Gasteiger partial charge in [-0.3, -0.25) is 4.79 Å². The lowest BCUT2D eigenvalue weighted by molar-refractivity contribution is -0.122. The molecule has 0 aliphatic carbocycles. The Morgan fingerprint density at radius 3 is 2.19 bits per heavy atom. The minimum absolute atomic E-state index is 0.208. The van der Waals surface area contributed by atoms with E-state index in [0.717, 1.165) is 5.56 Å². The van der Waals surface area contributed by atoms with Gasteiger partial charge in [0.2, 0.25) is 15.9 Å². The van der Waals surface area contributed by atoms with Gasteiger partial charge in [0.15, 0.2) is 0 Å². The number of sulfonamides is 1. The summed E-state index contributed by atoms with van der Waals surface area (Å²) < 4.78 is 26.8. The van der Waals surface area contributed by atoms with Crippen molar-refractivity contribution >= 4 is 15.9 Å². The molecule has 7 heteroatoms. The first kappa shape index (κ1) is 19.5. The minimum Gasteiger partial charge on any atom is -0.354 e. The molecule has 0 saturated carbocycles. The zero-order valence-electron chi connectivity index (χ0n) is 15.1. The van der Waals surface area contributed by atoms with Crippen molar-refractivity contribution in [2.45, 2.75) is 23.8 Å². The third-order valence-electron chi connectivity index (χ3n) is 4.96. The van der Waals surface area contributed by atoms with Crippen LogP contribution in [-0.4, -0.2) is 38.3 Å². The van der Waals surface area contributed by atoms with Crippen molar-refractivity contribution in [3.8, 4) is 0 Å². The number of hydrogen-bond acceptors (Lipinski definition) is 4. The highest BCUT2D eigenvalue weighted by Gasteiger charge is 2.29. The van der Waals surface area contributed by atoms with Crippen molar-refractivity contribution in [1.82, 2.24) is 9.62 Å². The molecule has 1 amide bonds. The van der Waals surface area contributed by atoms with Gasteiger partial charge < -0.3 is 11.1 Å². The average Bonchev–Trinajstić information content (AvgIpc) is 2.73. The Labute approximate surface area is 160 Å². The first-order chi connectivity index (χ1) is 13.0. The second-order valence-corrected chi connectivity index (χ2v) is 8.73. The summed E-state index contributed by atoms with van der Waals surface area (Å²) in [5.74, 6) is 0.0414. The SMILES string of the molecule is NC(C(=O)NCC1CCN(S(=O)(=O)c2ccccc2)CC1)c1ccccc1. The van der Waals surface area contributed by atoms with Crippen molar-refractivity contribution in [3.63, 3.8) is 0 Å². The van der Waals surface area contributed by atoms with Gasteiger partial charge in [0.05, 0.1) is 4.90 Å². The third-order valence-corrected chi connectivity index (χ3v) is 6.87. The number of piperidine rings is 1. The molecule has 1 saturated heterocycles. The number of carbonyl (C=O) groups excluding carboxylic acids is 1. The van der Waals surface area contributed by atoms with Crippen LogP contribution in [0.4, 0.5) is 0 Å². The van der Waals surface area contributed by atoms with Crippen molar-refractivity contribution in [3.05, 3.63) is 66.2 Å². The summed E-state index contributed by atoms with van der Waals surface area (Å²) in [5.41, 5.74) is 6.77. The molecule has 0 spiro atoms. The monoisotopic (exact) mass is 387 g/mol. The summed E-state index contributed by atoms with van der Waals surface area (Å²) in [6.45, 7) is 1.43. The van der Waals surface area contributed by atoms with Crippen LogP contribution >= 0.6 is 0 Å². The molecule has 3 rings (SSSR count). The second kappa shape index (κ2) is 8.65. The second-order valence-electron chi connectivity index (χ2n) is 6.79. The van der Waals surface area contributed by atoms with Crippen molar-refractivity contribution in [1.29, 1.82) is 0 Å². The highest BCUT2D eigenvalue weighted by molar-refractivity contribution is 7.89. The average molecular weight is 388 g/mol. The third kappa shape index (κ3) is 4.74. The van der Waals surface area contributed by atoms with Crippen LogP contribution in [0.15, 0.2) is 65.6 Å². The van der Waals surface area contributed by atoms with Crippen molar-refractivity contribution in [2.75, 3.05) is 19.6 Å². The van der Waals surface area contributed by atoms with Gasteiger partial charge in [-0.2, -0.15) is 4.31 Å². The predicted molar refractivity (Wildman–Crippen MR) is 104 cm³/mol. The van der Waals surface area contributed by atoms with Crippen molar-refractivity contribution < 1.29 is 13.2 Å². The van der Waals surface area contributed by atoms with E-state index in [4.69, 9.17) is 5.73 Å². The van der Waals surface area contributed by atoms with E-state index in [9.17, 15) is 13.2 Å². The van der Waals surface area contributed by atoms with E-state index < -0.39 is 16.1 Å². The lowest BCUT2D eigenvalue weighted by Gasteiger charge is -2.31. The van der Waals surface area contributed by atoms with Crippen LogP contribution in [0.25, 0.3) is 0 Å². The number of carbonyl (C=O) groups is 1. The molecule has 3 N–H and O–H groups in total. The van der Waals surface area contributed by atoms with Crippen LogP contribution in [0.5, 0.6) is 0 Å². The molecule has 1 fully saturated rings. The zero-order valence-corrected chi connectivity index (χ0v) is 15.9. The first-order valence-corrected chi connectivity index (χ1v) is 10.6. The van der Waals surface area contributed by atoms with Gasteiger partial charge in [0, 0.05) is 19.6 Å². The van der Waals surface area contributed by atoms with Crippen molar-refractivity contribution in [2.24, 2.45) is 11.7 Å². The van der Waals surface area contributed by atoms with Crippen LogP contribution < -0.4 is 11.1 Å². The summed E-state index contributed by atoms with van der Waals surface area (Å²) in [6.07, 6.45) is 1.43. The smallest absolute Gasteiger partial charge is 0.243 e. The Balaban J connectivity index is 1.49. The number of rotatable bonds is 6. The Hall–Kier alpha value is -2.22. The molecule has 0 bridgehead atoms. The van der Waals surface area contributed by atoms with Gasteiger partial charge in [-0.25, -0.2) is 8.42 Å². The van der Waals surface area contributed by atoms with Gasteiger partial charge in [0.1, 0.15) is 6.04 Å². The number of nitrogens with zero attached hydrogens (tertiary/aromatic N) is 1. The predicted octanol–water partition coefficient (Wildman–Crippen LogP) is 1.90. The molecule has 2 aromatic carbocycles. The van der Waals surface area contributed by atoms with Gasteiger partial charge >= 0.3 is 0 Å². The van der Waals surface area contributed by atoms with E-state index in [1.54, 1.807) is 30.3 Å². The molecule has 27 heavy (non-hydrogen) atoms. The van der Waals surface area contributed by atoms with Gasteiger partial charge in [-0.15, -0.1) is 0 Å². The molecular formula is C20H25N3O3S. The fraction of sp³-hybridized carbons (Fsp3) is 0.350. The minimum atomic E-state index is -3.44. The maximum absolute atomic E-state index is 12.6. The topological polar surface area (TPSA) is 92.5 Å². The van der Waals surface area contributed by atoms with Gasteiger partial charge in [0.25, 0.3) is 0 Å². The Morgan fingerprint density at radius 2 is 1.59 bits per heavy atom. The highest BCUT2D eigenvalue weighted by atomic mass is 32.2. The van der Waals surface area contributed by atoms with E-state index >= 15 is 0 Å². The van der Waals surface area contributed by atoms with E-state index in [2.05, 4.69) is 5.32 Å². The number of nitrogens with two attached hydrogens (primary N) is 1. The van der Waals surface area contributed by atoms with E-state index in [-0.39, 0.29) is 11.8 Å². The van der Waals surface area contributed by atoms with Gasteiger partial charge in [-0.1, -0.05) is 48.5 Å². The van der Waals surface area contributed by atoms with E-state index in [0.29, 0.717) is 37.4 Å². The maximum Gasteiger partial charge on any atom is 0.243 e. The van der Waals surface area contributed by atoms with Gasteiger partial charge in [-0.05, 0) is 36.5 Å². The van der Waals surface area contributed by atoms with Crippen LogP contribution in [0.3, 0.4) is 0 Å². The number of amides is 1. The summed E-state index contributed by atoms with van der Waals surface area (Å²) in [4.78, 5) is 12.6. The summed E-state index contributed by atoms with van der Waals surface area (Å²) in [6, 6.07) is 17.0. The molecule has 1 aliphatic rings. The fourth-order valence-electron chi connectivity index (χ4n) is 3.26. The number of hydrogen-bond donors (Lipinski definition) is 2. The Bertz CT molecular complexity index is 849. The Morgan fingerprint density at radius 1 is 1.04 bits per heavy atom. The zero-order chi connectivity index (χ0) is 19.3. The summed E-state index contributed by atoms with van der Waals surface area (Å²) >= 11 is 0. The molecule has 1 aliphatic heterocycles. The molecule has 144 valence electrons. The molecule has 1 atom stereocenters. The van der Waals surface area contributed by atoms with Crippen LogP contribution in [0.2, 0.25) is 0 Å². The maximum atomic E-state index is 12.6. The Kier molecular flexibility index (Phi) is 6.26. The largest absolute Gasteiger partial charge is 0.354 e.